The summed E-state index contributed by atoms with van der Waals surface area (Å²) in [4.78, 5) is 18.3. The van der Waals surface area contributed by atoms with Gasteiger partial charge >= 0.3 is 6.03 Å². The maximum absolute atomic E-state index is 11.7. The lowest BCUT2D eigenvalue weighted by Crippen LogP contribution is -2.39. The Labute approximate surface area is 119 Å². The number of nitrogens with zero attached hydrogens (tertiary/aromatic N) is 2. The first-order valence-electron chi connectivity index (χ1n) is 7.12. The Morgan fingerprint density at radius 3 is 2.75 bits per heavy atom. The molecule has 110 valence electrons. The number of aromatic nitrogens is 1. The molecule has 1 atom stereocenters. The van der Waals surface area contributed by atoms with E-state index in [1.165, 1.54) is 12.8 Å². The van der Waals surface area contributed by atoms with Gasteiger partial charge in [-0.15, -0.1) is 0 Å². The molecule has 3 N–H and O–H groups in total. The molecule has 2 amide bonds. The van der Waals surface area contributed by atoms with Crippen molar-refractivity contribution in [1.29, 1.82) is 0 Å². The van der Waals surface area contributed by atoms with E-state index in [1.807, 2.05) is 19.1 Å². The van der Waals surface area contributed by atoms with Gasteiger partial charge in [0.2, 0.25) is 0 Å². The van der Waals surface area contributed by atoms with Crippen LogP contribution in [0.1, 0.15) is 26.2 Å². The number of hydrogen-bond acceptors (Lipinski definition) is 4. The standard InChI is InChI=1S/C14H22N4O2/c1-2-11(10-19)16-14(20)17-12-5-6-13(15-9-12)18-7-3-4-8-18/h5-6,9,11,19H,2-4,7-8,10H2,1H3,(H2,16,17,20)/t11-/m0/s1. The lowest BCUT2D eigenvalue weighted by Gasteiger charge is -2.17. The Balaban J connectivity index is 1.88. The van der Waals surface area contributed by atoms with Gasteiger partial charge in [0.25, 0.3) is 0 Å². The van der Waals surface area contributed by atoms with E-state index >= 15 is 0 Å². The molecule has 2 rings (SSSR count). The molecular formula is C14H22N4O2. The average Bonchev–Trinajstić information content (AvgIpc) is 2.99. The molecule has 0 aliphatic carbocycles. The van der Waals surface area contributed by atoms with Crippen LogP contribution in [0.25, 0.3) is 0 Å². The smallest absolute Gasteiger partial charge is 0.319 e. The van der Waals surface area contributed by atoms with E-state index in [4.69, 9.17) is 5.11 Å². The van der Waals surface area contributed by atoms with Crippen LogP contribution in [0.4, 0.5) is 16.3 Å². The zero-order chi connectivity index (χ0) is 14.4. The fourth-order valence-corrected chi connectivity index (χ4v) is 2.22. The van der Waals surface area contributed by atoms with Crippen molar-refractivity contribution in [2.75, 3.05) is 29.9 Å². The van der Waals surface area contributed by atoms with Crippen LogP contribution in [0.3, 0.4) is 0 Å². The molecule has 2 heterocycles. The number of aliphatic hydroxyl groups excluding tert-OH is 1. The second-order valence-electron chi connectivity index (χ2n) is 4.99. The minimum Gasteiger partial charge on any atom is -0.394 e. The minimum absolute atomic E-state index is 0.0595. The fourth-order valence-electron chi connectivity index (χ4n) is 2.22. The van der Waals surface area contributed by atoms with Crippen LogP contribution in [0.2, 0.25) is 0 Å². The van der Waals surface area contributed by atoms with E-state index in [0.29, 0.717) is 12.1 Å². The molecule has 0 aromatic carbocycles. The molecule has 1 aliphatic heterocycles. The Bertz CT molecular complexity index is 425. The van der Waals surface area contributed by atoms with Crippen molar-refractivity contribution in [3.63, 3.8) is 0 Å². The number of nitrogens with one attached hydrogen (secondary N) is 2. The van der Waals surface area contributed by atoms with Gasteiger partial charge in [0.15, 0.2) is 0 Å². The lowest BCUT2D eigenvalue weighted by molar-refractivity contribution is 0.222. The first kappa shape index (κ1) is 14.6. The summed E-state index contributed by atoms with van der Waals surface area (Å²) in [7, 11) is 0. The van der Waals surface area contributed by atoms with Gasteiger partial charge in [-0.3, -0.25) is 0 Å². The molecule has 0 radical (unpaired) electrons. The molecule has 6 nitrogen and oxygen atoms in total. The number of amides is 2. The molecule has 0 unspecified atom stereocenters. The summed E-state index contributed by atoms with van der Waals surface area (Å²) in [6, 6.07) is 3.23. The predicted octanol–water partition coefficient (Wildman–Crippen LogP) is 1.57. The van der Waals surface area contributed by atoms with Crippen molar-refractivity contribution in [1.82, 2.24) is 10.3 Å². The Morgan fingerprint density at radius 1 is 1.45 bits per heavy atom. The summed E-state index contributed by atoms with van der Waals surface area (Å²) in [6.45, 7) is 3.95. The molecule has 0 bridgehead atoms. The second kappa shape index (κ2) is 7.09. The molecule has 1 aromatic heterocycles. The SMILES string of the molecule is CC[C@@H](CO)NC(=O)Nc1ccc(N2CCCC2)nc1. The van der Waals surface area contributed by atoms with Crippen LogP contribution in [-0.2, 0) is 0 Å². The molecule has 0 spiro atoms. The molecule has 0 saturated carbocycles. The lowest BCUT2D eigenvalue weighted by atomic mass is 10.2. The van der Waals surface area contributed by atoms with Gasteiger partial charge in [-0.2, -0.15) is 0 Å². The van der Waals surface area contributed by atoms with Crippen LogP contribution in [0, 0.1) is 0 Å². The van der Waals surface area contributed by atoms with E-state index in [0.717, 1.165) is 18.9 Å². The van der Waals surface area contributed by atoms with Crippen molar-refractivity contribution < 1.29 is 9.90 Å². The van der Waals surface area contributed by atoms with Crippen LogP contribution in [0.15, 0.2) is 18.3 Å². The van der Waals surface area contributed by atoms with E-state index < -0.39 is 0 Å². The first-order valence-corrected chi connectivity index (χ1v) is 7.12. The quantitative estimate of drug-likeness (QED) is 0.764. The highest BCUT2D eigenvalue weighted by molar-refractivity contribution is 5.89. The third-order valence-corrected chi connectivity index (χ3v) is 3.48. The molecule has 1 aliphatic rings. The van der Waals surface area contributed by atoms with Gasteiger partial charge in [0, 0.05) is 13.1 Å². The fraction of sp³-hybridized carbons (Fsp3) is 0.571. The minimum atomic E-state index is -0.318. The third kappa shape index (κ3) is 3.84. The summed E-state index contributed by atoms with van der Waals surface area (Å²) >= 11 is 0. The monoisotopic (exact) mass is 278 g/mol. The zero-order valence-corrected chi connectivity index (χ0v) is 11.8. The largest absolute Gasteiger partial charge is 0.394 e. The number of hydrogen-bond donors (Lipinski definition) is 3. The highest BCUT2D eigenvalue weighted by Crippen LogP contribution is 2.18. The molecule has 6 heteroatoms. The van der Waals surface area contributed by atoms with Crippen molar-refractivity contribution in [2.24, 2.45) is 0 Å². The molecule has 1 saturated heterocycles. The molecular weight excluding hydrogens is 256 g/mol. The summed E-state index contributed by atoms with van der Waals surface area (Å²) in [6.07, 6.45) is 4.77. The number of rotatable bonds is 5. The second-order valence-corrected chi connectivity index (χ2v) is 4.99. The van der Waals surface area contributed by atoms with Crippen molar-refractivity contribution in [3.8, 4) is 0 Å². The summed E-state index contributed by atoms with van der Waals surface area (Å²) in [5.74, 6) is 0.954. The average molecular weight is 278 g/mol. The number of aliphatic hydroxyl groups is 1. The molecule has 1 aromatic rings. The Hall–Kier alpha value is -1.82. The Kier molecular flexibility index (Phi) is 5.17. The van der Waals surface area contributed by atoms with Crippen LogP contribution < -0.4 is 15.5 Å². The van der Waals surface area contributed by atoms with Crippen LogP contribution in [-0.4, -0.2) is 41.9 Å². The van der Waals surface area contributed by atoms with E-state index in [9.17, 15) is 4.79 Å². The van der Waals surface area contributed by atoms with Crippen molar-refractivity contribution in [2.45, 2.75) is 32.2 Å². The number of carbonyl (C=O) groups excluding carboxylic acids is 1. The van der Waals surface area contributed by atoms with Crippen LogP contribution >= 0.6 is 0 Å². The van der Waals surface area contributed by atoms with Crippen molar-refractivity contribution in [3.05, 3.63) is 18.3 Å². The summed E-state index contributed by atoms with van der Waals surface area (Å²) in [5, 5.41) is 14.5. The highest BCUT2D eigenvalue weighted by Gasteiger charge is 2.13. The van der Waals surface area contributed by atoms with E-state index in [2.05, 4.69) is 20.5 Å². The van der Waals surface area contributed by atoms with Gasteiger partial charge in [-0.1, -0.05) is 6.92 Å². The number of carbonyl (C=O) groups is 1. The van der Waals surface area contributed by atoms with Gasteiger partial charge in [0.05, 0.1) is 24.5 Å². The topological polar surface area (TPSA) is 77.5 Å². The molecule has 1 fully saturated rings. The van der Waals surface area contributed by atoms with E-state index in [-0.39, 0.29) is 18.7 Å². The Morgan fingerprint density at radius 2 is 2.20 bits per heavy atom. The summed E-state index contributed by atoms with van der Waals surface area (Å²) < 4.78 is 0. The number of pyridine rings is 1. The number of anilines is 2. The third-order valence-electron chi connectivity index (χ3n) is 3.48. The van der Waals surface area contributed by atoms with Gasteiger partial charge in [-0.05, 0) is 31.4 Å². The number of urea groups is 1. The normalized spacial score (nSPS) is 16.0. The van der Waals surface area contributed by atoms with Gasteiger partial charge in [0.1, 0.15) is 5.82 Å². The van der Waals surface area contributed by atoms with Crippen LogP contribution in [0.5, 0.6) is 0 Å². The van der Waals surface area contributed by atoms with Gasteiger partial charge < -0.3 is 20.6 Å². The predicted molar refractivity (Wildman–Crippen MR) is 79.0 cm³/mol. The van der Waals surface area contributed by atoms with Crippen molar-refractivity contribution >= 4 is 17.5 Å². The molecule has 20 heavy (non-hydrogen) atoms. The maximum Gasteiger partial charge on any atom is 0.319 e. The summed E-state index contributed by atoms with van der Waals surface area (Å²) in [5.41, 5.74) is 0.651. The zero-order valence-electron chi connectivity index (χ0n) is 11.8. The van der Waals surface area contributed by atoms with E-state index in [1.54, 1.807) is 6.20 Å². The first-order chi connectivity index (χ1) is 9.72. The van der Waals surface area contributed by atoms with Gasteiger partial charge in [-0.25, -0.2) is 9.78 Å². The maximum atomic E-state index is 11.7. The highest BCUT2D eigenvalue weighted by atomic mass is 16.3.